The molecule has 1 aromatic heterocycles. The lowest BCUT2D eigenvalue weighted by Gasteiger charge is -2.37. The van der Waals surface area contributed by atoms with Gasteiger partial charge in [0.2, 0.25) is 5.91 Å². The molecule has 32 heavy (non-hydrogen) atoms. The maximum atomic E-state index is 13.9. The third kappa shape index (κ3) is 3.96. The third-order valence-corrected chi connectivity index (χ3v) is 8.59. The monoisotopic (exact) mass is 448 g/mol. The lowest BCUT2D eigenvalue weighted by Crippen LogP contribution is -2.46. The Kier molecular flexibility index (Phi) is 5.77. The molecule has 1 amide bonds. The van der Waals surface area contributed by atoms with Crippen molar-refractivity contribution in [1.82, 2.24) is 9.88 Å². The van der Waals surface area contributed by atoms with Crippen LogP contribution in [0.25, 0.3) is 0 Å². The molecular formula is C25H34F2N2O3. The number of aliphatic hydroxyl groups is 1. The van der Waals surface area contributed by atoms with Crippen LogP contribution in [0, 0.1) is 23.2 Å². The predicted octanol–water partition coefficient (Wildman–Crippen LogP) is 4.06. The molecule has 5 atom stereocenters. The van der Waals surface area contributed by atoms with E-state index < -0.39 is 12.0 Å². The number of carbonyl (C=O) groups excluding carboxylic acids is 1. The number of fused-ring (bicyclic) bond motifs is 2. The van der Waals surface area contributed by atoms with E-state index in [0.29, 0.717) is 44.6 Å². The maximum Gasteiger partial charge on any atom is 0.272 e. The molecule has 2 aliphatic carbocycles. The fraction of sp³-hybridized carbons (Fsp3) is 0.760. The van der Waals surface area contributed by atoms with Gasteiger partial charge in [0.1, 0.15) is 0 Å². The topological polar surface area (TPSA) is 62.7 Å². The van der Waals surface area contributed by atoms with Crippen LogP contribution in [-0.4, -0.2) is 46.8 Å². The van der Waals surface area contributed by atoms with E-state index in [4.69, 9.17) is 4.74 Å². The molecule has 1 aromatic rings. The summed E-state index contributed by atoms with van der Waals surface area (Å²) in [5.41, 5.74) is 1.20. The zero-order chi connectivity index (χ0) is 22.5. The van der Waals surface area contributed by atoms with Gasteiger partial charge in [-0.25, -0.2) is 8.78 Å². The highest BCUT2D eigenvalue weighted by Gasteiger charge is 2.56. The number of amides is 1. The normalized spacial score (nSPS) is 34.9. The van der Waals surface area contributed by atoms with E-state index in [1.165, 1.54) is 12.3 Å². The molecule has 0 bridgehead atoms. The van der Waals surface area contributed by atoms with E-state index in [0.717, 1.165) is 63.1 Å². The van der Waals surface area contributed by atoms with Crippen LogP contribution >= 0.6 is 0 Å². The van der Waals surface area contributed by atoms with Crippen molar-refractivity contribution >= 4 is 5.91 Å². The molecule has 2 aliphatic heterocycles. The first-order chi connectivity index (χ1) is 15.3. The highest BCUT2D eigenvalue weighted by molar-refractivity contribution is 5.84. The van der Waals surface area contributed by atoms with E-state index in [2.05, 4.69) is 4.98 Å². The minimum absolute atomic E-state index is 0.0848. The zero-order valence-corrected chi connectivity index (χ0v) is 18.9. The second-order valence-electron chi connectivity index (χ2n) is 10.7. The van der Waals surface area contributed by atoms with Crippen LogP contribution in [0.1, 0.15) is 68.7 Å². The van der Waals surface area contributed by atoms with Crippen LogP contribution < -0.4 is 0 Å². The van der Waals surface area contributed by atoms with Crippen LogP contribution in [0.2, 0.25) is 0 Å². The Balaban J connectivity index is 1.31. The summed E-state index contributed by atoms with van der Waals surface area (Å²) in [4.78, 5) is 20.1. The summed E-state index contributed by atoms with van der Waals surface area (Å²) in [6.45, 7) is 3.01. The SMILES string of the molecule is CC(F)(F)c1cnc2c(c1)CN(C(=O)[C@@]13CCC[C@@H]1C[C@@H](C[C@@H]1CCOC[C@H]1O)C3)CC2. The molecule has 5 rings (SSSR count). The van der Waals surface area contributed by atoms with Gasteiger partial charge < -0.3 is 14.7 Å². The van der Waals surface area contributed by atoms with E-state index in [9.17, 15) is 18.7 Å². The van der Waals surface area contributed by atoms with Crippen LogP contribution in [0.3, 0.4) is 0 Å². The van der Waals surface area contributed by atoms with Gasteiger partial charge in [0.15, 0.2) is 0 Å². The van der Waals surface area contributed by atoms with Crippen molar-refractivity contribution in [1.29, 1.82) is 0 Å². The summed E-state index contributed by atoms with van der Waals surface area (Å²) in [5, 5.41) is 10.3. The van der Waals surface area contributed by atoms with Gasteiger partial charge in [-0.15, -0.1) is 0 Å². The quantitative estimate of drug-likeness (QED) is 0.755. The highest BCUT2D eigenvalue weighted by Crippen LogP contribution is 2.58. The van der Waals surface area contributed by atoms with Crippen LogP contribution in [0.15, 0.2) is 12.3 Å². The Morgan fingerprint density at radius 1 is 1.41 bits per heavy atom. The minimum atomic E-state index is -2.93. The zero-order valence-electron chi connectivity index (χ0n) is 18.9. The average Bonchev–Trinajstić information content (AvgIpc) is 3.31. The number of ether oxygens (including phenoxy) is 1. The molecule has 2 saturated carbocycles. The number of carbonyl (C=O) groups is 1. The van der Waals surface area contributed by atoms with Crippen molar-refractivity contribution in [3.63, 3.8) is 0 Å². The molecule has 5 nitrogen and oxygen atoms in total. The van der Waals surface area contributed by atoms with Gasteiger partial charge in [-0.3, -0.25) is 9.78 Å². The van der Waals surface area contributed by atoms with Gasteiger partial charge >= 0.3 is 0 Å². The van der Waals surface area contributed by atoms with Crippen molar-refractivity contribution in [2.45, 2.75) is 76.9 Å². The number of halogens is 2. The first-order valence-electron chi connectivity index (χ1n) is 12.2. The summed E-state index contributed by atoms with van der Waals surface area (Å²) >= 11 is 0. The summed E-state index contributed by atoms with van der Waals surface area (Å²) in [6, 6.07) is 1.54. The van der Waals surface area contributed by atoms with Crippen molar-refractivity contribution in [3.05, 3.63) is 29.1 Å². The van der Waals surface area contributed by atoms with Crippen molar-refractivity contribution in [2.24, 2.45) is 23.2 Å². The fourth-order valence-electron chi connectivity index (χ4n) is 6.93. The third-order valence-electron chi connectivity index (χ3n) is 8.59. The second kappa shape index (κ2) is 8.32. The molecule has 176 valence electrons. The van der Waals surface area contributed by atoms with Gasteiger partial charge in [-0.2, -0.15) is 0 Å². The van der Waals surface area contributed by atoms with Gasteiger partial charge in [0.25, 0.3) is 5.92 Å². The Bertz CT molecular complexity index is 873. The maximum absolute atomic E-state index is 13.9. The van der Waals surface area contributed by atoms with Crippen LogP contribution in [-0.2, 0) is 28.4 Å². The first-order valence-corrected chi connectivity index (χ1v) is 12.2. The molecule has 0 spiro atoms. The first kappa shape index (κ1) is 22.2. The molecule has 4 aliphatic rings. The summed E-state index contributed by atoms with van der Waals surface area (Å²) in [7, 11) is 0. The number of aromatic nitrogens is 1. The number of alkyl halides is 2. The van der Waals surface area contributed by atoms with Gasteiger partial charge in [-0.05, 0) is 67.9 Å². The van der Waals surface area contributed by atoms with E-state index in [1.807, 2.05) is 4.90 Å². The van der Waals surface area contributed by atoms with E-state index >= 15 is 0 Å². The van der Waals surface area contributed by atoms with Crippen molar-refractivity contribution in [2.75, 3.05) is 19.8 Å². The van der Waals surface area contributed by atoms with Crippen molar-refractivity contribution < 1.29 is 23.4 Å². The Hall–Kier alpha value is -1.60. The minimum Gasteiger partial charge on any atom is -0.390 e. The number of aliphatic hydroxyl groups excluding tert-OH is 1. The van der Waals surface area contributed by atoms with Crippen molar-refractivity contribution in [3.8, 4) is 0 Å². The van der Waals surface area contributed by atoms with E-state index in [1.54, 1.807) is 0 Å². The number of nitrogens with zero attached hydrogens (tertiary/aromatic N) is 2. The smallest absolute Gasteiger partial charge is 0.272 e. The number of rotatable bonds is 4. The molecule has 0 unspecified atom stereocenters. The molecule has 3 fully saturated rings. The lowest BCUT2D eigenvalue weighted by atomic mass is 9.77. The number of hydrogen-bond acceptors (Lipinski definition) is 4. The number of hydrogen-bond donors (Lipinski definition) is 1. The molecule has 3 heterocycles. The Morgan fingerprint density at radius 2 is 2.25 bits per heavy atom. The molecule has 1 saturated heterocycles. The van der Waals surface area contributed by atoms with Gasteiger partial charge in [0, 0.05) is 50.5 Å². The van der Waals surface area contributed by atoms with Crippen LogP contribution in [0.4, 0.5) is 8.78 Å². The second-order valence-corrected chi connectivity index (χ2v) is 10.7. The Labute approximate surface area is 188 Å². The molecule has 0 aromatic carbocycles. The predicted molar refractivity (Wildman–Crippen MR) is 115 cm³/mol. The molecule has 7 heteroatoms. The number of pyridine rings is 1. The molecule has 1 N–H and O–H groups in total. The molecular weight excluding hydrogens is 414 g/mol. The highest BCUT2D eigenvalue weighted by atomic mass is 19.3. The Morgan fingerprint density at radius 3 is 3.03 bits per heavy atom. The van der Waals surface area contributed by atoms with E-state index in [-0.39, 0.29) is 22.8 Å². The summed E-state index contributed by atoms with van der Waals surface area (Å²) in [5.74, 6) is -1.58. The van der Waals surface area contributed by atoms with Gasteiger partial charge in [-0.1, -0.05) is 6.42 Å². The fourth-order valence-corrected chi connectivity index (χ4v) is 6.93. The van der Waals surface area contributed by atoms with Gasteiger partial charge in [0.05, 0.1) is 18.1 Å². The summed E-state index contributed by atoms with van der Waals surface area (Å²) in [6.07, 6.45) is 8.43. The lowest BCUT2D eigenvalue weighted by molar-refractivity contribution is -0.144. The standard InChI is InChI=1S/C25H34F2N2O3/c1-24(26,27)20-11-18-14-29(7-4-21(18)28-13-20)23(31)25-6-2-3-19(25)10-16(12-25)9-17-5-8-32-15-22(17)30/h11,13,16-17,19,22,30H,2-10,12,14-15H2,1H3/t16-,17+,19-,22-,25-/m1/s1. The summed E-state index contributed by atoms with van der Waals surface area (Å²) < 4.78 is 33.0. The average molecular weight is 449 g/mol. The van der Waals surface area contributed by atoms with Crippen LogP contribution in [0.5, 0.6) is 0 Å². The molecule has 0 radical (unpaired) electrons. The largest absolute Gasteiger partial charge is 0.390 e.